The molecule has 0 unspecified atom stereocenters. The third kappa shape index (κ3) is 3.34. The molecule has 0 aliphatic heterocycles. The maximum atomic E-state index is 13.3. The number of aryl methyl sites for hydroxylation is 1. The van der Waals surface area contributed by atoms with Crippen molar-refractivity contribution in [3.05, 3.63) is 116 Å². The number of aromatic nitrogens is 4. The molecule has 0 atom stereocenters. The minimum Gasteiger partial charge on any atom is -0.272 e. The van der Waals surface area contributed by atoms with Crippen molar-refractivity contribution in [2.75, 3.05) is 0 Å². The summed E-state index contributed by atoms with van der Waals surface area (Å²) in [7, 11) is 0. The molecular weight excluding hydrogens is 395 g/mol. The molecule has 0 saturated heterocycles. The topological polar surface area (TPSA) is 61.3 Å². The van der Waals surface area contributed by atoms with Crippen LogP contribution in [0.4, 0.5) is 4.39 Å². The number of benzene rings is 3. The third-order valence-electron chi connectivity index (χ3n) is 5.39. The molecule has 0 aliphatic rings. The van der Waals surface area contributed by atoms with Crippen molar-refractivity contribution in [3.8, 4) is 0 Å². The zero-order valence-electron chi connectivity index (χ0n) is 16.8. The smallest absolute Gasteiger partial charge is 0.272 e. The van der Waals surface area contributed by atoms with Crippen molar-refractivity contribution in [3.63, 3.8) is 0 Å². The molecular formula is C24H19FN4O2. The van der Waals surface area contributed by atoms with E-state index in [1.165, 1.54) is 25.8 Å². The second kappa shape index (κ2) is 7.36. The van der Waals surface area contributed by atoms with Crippen LogP contribution in [0.2, 0.25) is 0 Å². The molecule has 0 spiro atoms. The minimum absolute atomic E-state index is 0.174. The molecule has 0 amide bonds. The number of fused-ring (bicyclic) bond motifs is 3. The fourth-order valence-corrected chi connectivity index (χ4v) is 3.75. The van der Waals surface area contributed by atoms with Gasteiger partial charge >= 0.3 is 5.69 Å². The highest BCUT2D eigenvalue weighted by molar-refractivity contribution is 5.80. The lowest BCUT2D eigenvalue weighted by Gasteiger charge is -2.10. The third-order valence-corrected chi connectivity index (χ3v) is 5.39. The second-order valence-electron chi connectivity index (χ2n) is 7.60. The highest BCUT2D eigenvalue weighted by atomic mass is 19.1. The maximum Gasteiger partial charge on any atom is 0.352 e. The quantitative estimate of drug-likeness (QED) is 0.453. The SMILES string of the molecule is Cc1ccc(Cn2c(=O)c3ccccc3n3c(=O)n(Cc4ccc(F)cc4)nc23)cc1. The van der Waals surface area contributed by atoms with E-state index < -0.39 is 0 Å². The molecule has 2 aromatic heterocycles. The van der Waals surface area contributed by atoms with Crippen LogP contribution in [0.15, 0.2) is 82.4 Å². The van der Waals surface area contributed by atoms with Crippen LogP contribution in [0.5, 0.6) is 0 Å². The number of hydrogen-bond donors (Lipinski definition) is 0. The maximum absolute atomic E-state index is 13.3. The highest BCUT2D eigenvalue weighted by Gasteiger charge is 2.17. The van der Waals surface area contributed by atoms with Gasteiger partial charge in [-0.05, 0) is 42.3 Å². The lowest BCUT2D eigenvalue weighted by atomic mass is 10.1. The first-order valence-corrected chi connectivity index (χ1v) is 9.92. The van der Waals surface area contributed by atoms with Gasteiger partial charge in [-0.2, -0.15) is 0 Å². The van der Waals surface area contributed by atoms with Crippen molar-refractivity contribution in [2.45, 2.75) is 20.0 Å². The van der Waals surface area contributed by atoms with Crippen molar-refractivity contribution >= 4 is 16.7 Å². The van der Waals surface area contributed by atoms with E-state index in [2.05, 4.69) is 5.10 Å². The van der Waals surface area contributed by atoms with Gasteiger partial charge in [0.05, 0.1) is 24.0 Å². The zero-order valence-corrected chi connectivity index (χ0v) is 16.8. The molecule has 154 valence electrons. The largest absolute Gasteiger partial charge is 0.352 e. The van der Waals surface area contributed by atoms with Crippen LogP contribution in [0.3, 0.4) is 0 Å². The van der Waals surface area contributed by atoms with Gasteiger partial charge in [0.1, 0.15) is 5.82 Å². The van der Waals surface area contributed by atoms with Crippen LogP contribution in [0, 0.1) is 12.7 Å². The fraction of sp³-hybridized carbons (Fsp3) is 0.125. The first kappa shape index (κ1) is 19.0. The monoisotopic (exact) mass is 414 g/mol. The van der Waals surface area contributed by atoms with Gasteiger partial charge in [0, 0.05) is 0 Å². The lowest BCUT2D eigenvalue weighted by molar-refractivity contribution is 0.622. The second-order valence-corrected chi connectivity index (χ2v) is 7.60. The van der Waals surface area contributed by atoms with E-state index in [-0.39, 0.29) is 29.4 Å². The molecule has 5 aromatic rings. The number of para-hydroxylation sites is 1. The van der Waals surface area contributed by atoms with E-state index in [0.717, 1.165) is 16.7 Å². The highest BCUT2D eigenvalue weighted by Crippen LogP contribution is 2.13. The molecule has 0 aliphatic carbocycles. The molecule has 31 heavy (non-hydrogen) atoms. The van der Waals surface area contributed by atoms with Gasteiger partial charge in [-0.1, -0.05) is 54.1 Å². The molecule has 0 N–H and O–H groups in total. The van der Waals surface area contributed by atoms with Crippen LogP contribution in [-0.2, 0) is 13.1 Å². The predicted octanol–water partition coefficient (Wildman–Crippen LogP) is 3.36. The Morgan fingerprint density at radius 2 is 1.48 bits per heavy atom. The van der Waals surface area contributed by atoms with Gasteiger partial charge in [0.25, 0.3) is 5.56 Å². The van der Waals surface area contributed by atoms with E-state index in [9.17, 15) is 14.0 Å². The van der Waals surface area contributed by atoms with Gasteiger partial charge < -0.3 is 0 Å². The van der Waals surface area contributed by atoms with Gasteiger partial charge in [-0.25, -0.2) is 18.3 Å². The van der Waals surface area contributed by atoms with Crippen LogP contribution >= 0.6 is 0 Å². The van der Waals surface area contributed by atoms with E-state index >= 15 is 0 Å². The van der Waals surface area contributed by atoms with Crippen molar-refractivity contribution < 1.29 is 4.39 Å². The summed E-state index contributed by atoms with van der Waals surface area (Å²) in [5, 5.41) is 4.94. The summed E-state index contributed by atoms with van der Waals surface area (Å²) in [4.78, 5) is 26.5. The Morgan fingerprint density at radius 3 is 2.23 bits per heavy atom. The predicted molar refractivity (Wildman–Crippen MR) is 117 cm³/mol. The lowest BCUT2D eigenvalue weighted by Crippen LogP contribution is -2.27. The van der Waals surface area contributed by atoms with E-state index in [1.54, 1.807) is 36.4 Å². The summed E-state index contributed by atoms with van der Waals surface area (Å²) in [6.07, 6.45) is 0. The fourth-order valence-electron chi connectivity index (χ4n) is 3.75. The number of hydrogen-bond acceptors (Lipinski definition) is 3. The van der Waals surface area contributed by atoms with Crippen LogP contribution < -0.4 is 11.2 Å². The average molecular weight is 414 g/mol. The zero-order chi connectivity index (χ0) is 21.5. The summed E-state index contributed by atoms with van der Waals surface area (Å²) >= 11 is 0. The molecule has 6 nitrogen and oxygen atoms in total. The first-order chi connectivity index (χ1) is 15.0. The normalized spacial score (nSPS) is 11.4. The number of halogens is 1. The Labute approximate surface area is 176 Å². The van der Waals surface area contributed by atoms with Crippen LogP contribution in [-0.4, -0.2) is 18.7 Å². The van der Waals surface area contributed by atoms with Crippen molar-refractivity contribution in [1.82, 2.24) is 18.7 Å². The number of rotatable bonds is 4. The Hall–Kier alpha value is -4.00. The Bertz CT molecular complexity index is 1530. The van der Waals surface area contributed by atoms with Gasteiger partial charge in [0.2, 0.25) is 5.78 Å². The summed E-state index contributed by atoms with van der Waals surface area (Å²) in [5.41, 5.74) is 2.75. The van der Waals surface area contributed by atoms with Crippen LogP contribution in [0.1, 0.15) is 16.7 Å². The standard InChI is InChI=1S/C24H19FN4O2/c1-16-6-8-17(9-7-16)14-27-22(30)20-4-2-3-5-21(20)29-23(27)26-28(24(29)31)15-18-10-12-19(25)13-11-18/h2-13H,14-15H2,1H3. The summed E-state index contributed by atoms with van der Waals surface area (Å²) in [5.74, 6) is -0.0691. The van der Waals surface area contributed by atoms with E-state index in [1.807, 2.05) is 31.2 Å². The molecule has 3 aromatic carbocycles. The molecule has 2 heterocycles. The van der Waals surface area contributed by atoms with E-state index in [4.69, 9.17) is 0 Å². The molecule has 0 radical (unpaired) electrons. The van der Waals surface area contributed by atoms with E-state index in [0.29, 0.717) is 17.4 Å². The Balaban J connectivity index is 1.73. The molecule has 0 fully saturated rings. The van der Waals surface area contributed by atoms with Gasteiger partial charge in [-0.15, -0.1) is 5.10 Å². The van der Waals surface area contributed by atoms with Gasteiger partial charge in [-0.3, -0.25) is 9.36 Å². The van der Waals surface area contributed by atoms with Crippen molar-refractivity contribution in [2.24, 2.45) is 0 Å². The molecule has 5 rings (SSSR count). The molecule has 7 heteroatoms. The minimum atomic E-state index is -0.354. The average Bonchev–Trinajstić information content (AvgIpc) is 3.10. The Morgan fingerprint density at radius 1 is 0.839 bits per heavy atom. The first-order valence-electron chi connectivity index (χ1n) is 9.92. The Kier molecular flexibility index (Phi) is 4.51. The van der Waals surface area contributed by atoms with Crippen molar-refractivity contribution in [1.29, 1.82) is 0 Å². The summed E-state index contributed by atoms with van der Waals surface area (Å²) in [6.45, 7) is 2.47. The number of nitrogens with zero attached hydrogens (tertiary/aromatic N) is 4. The summed E-state index contributed by atoms with van der Waals surface area (Å²) in [6, 6.07) is 20.8. The van der Waals surface area contributed by atoms with Gasteiger partial charge in [0.15, 0.2) is 0 Å². The molecule has 0 saturated carbocycles. The molecule has 0 bridgehead atoms. The summed E-state index contributed by atoms with van der Waals surface area (Å²) < 4.78 is 17.5. The van der Waals surface area contributed by atoms with Crippen LogP contribution in [0.25, 0.3) is 16.7 Å².